The molecule has 6 heteroatoms. The molecule has 1 fully saturated rings. The number of nitrogens with zero attached hydrogens (tertiary/aromatic N) is 1. The second kappa shape index (κ2) is 11.5. The largest absolute Gasteiger partial charge is 0.494 e. The average Bonchev–Trinajstić information content (AvgIpc) is 3.22. The number of carbonyl (C=O) groups is 1. The third-order valence-corrected chi connectivity index (χ3v) is 6.82. The molecule has 5 nitrogen and oxygen atoms in total. The van der Waals surface area contributed by atoms with Crippen LogP contribution in [0.4, 0.5) is 5.69 Å². The fourth-order valence-corrected chi connectivity index (χ4v) is 4.72. The average molecular weight is 483 g/mol. The Balaban J connectivity index is 1.74. The summed E-state index contributed by atoms with van der Waals surface area (Å²) in [4.78, 5) is 15.8. The topological polar surface area (TPSA) is 48.0 Å². The van der Waals surface area contributed by atoms with Crippen LogP contribution in [0.3, 0.4) is 0 Å². The van der Waals surface area contributed by atoms with Crippen LogP contribution in [0.25, 0.3) is 12.2 Å². The first-order valence-electron chi connectivity index (χ1n) is 12.6. The maximum absolute atomic E-state index is 14.1. The molecule has 186 valence electrons. The molecule has 1 aliphatic rings. The molecule has 4 rings (SSSR count). The molecular weight excluding hydrogens is 449 g/mol. The first kappa shape index (κ1) is 25.6. The van der Waals surface area contributed by atoms with Crippen LogP contribution in [-0.4, -0.2) is 32.8 Å². The molecule has 0 spiro atoms. The molecule has 0 aromatic heterocycles. The van der Waals surface area contributed by atoms with E-state index in [1.807, 2.05) is 55.5 Å². The Morgan fingerprint density at radius 3 is 2.03 bits per heavy atom. The maximum Gasteiger partial charge on any atom is 0.460 e. The zero-order valence-corrected chi connectivity index (χ0v) is 21.6. The third-order valence-electron chi connectivity index (χ3n) is 6.82. The van der Waals surface area contributed by atoms with E-state index >= 15 is 0 Å². The number of benzene rings is 3. The van der Waals surface area contributed by atoms with Crippen LogP contribution in [-0.2, 0) is 9.45 Å². The highest BCUT2D eigenvalue weighted by molar-refractivity contribution is 6.77. The van der Waals surface area contributed by atoms with Crippen molar-refractivity contribution in [1.82, 2.24) is 0 Å². The van der Waals surface area contributed by atoms with Crippen molar-refractivity contribution >= 4 is 36.3 Å². The SMILES string of the molecule is CCCCC1(CC)OB(c2ccc(/C=C/c3ccccc3)cc2)N(c2c(OC)cccc2OC)C1=O. The number of hydrogen-bond acceptors (Lipinski definition) is 4. The predicted octanol–water partition coefficient (Wildman–Crippen LogP) is 5.97. The lowest BCUT2D eigenvalue weighted by Crippen LogP contribution is -2.47. The Morgan fingerprint density at radius 1 is 0.861 bits per heavy atom. The van der Waals surface area contributed by atoms with E-state index < -0.39 is 12.7 Å². The van der Waals surface area contributed by atoms with Crippen molar-refractivity contribution < 1.29 is 18.9 Å². The summed E-state index contributed by atoms with van der Waals surface area (Å²) in [6.07, 6.45) is 7.33. The van der Waals surface area contributed by atoms with Crippen molar-refractivity contribution in [3.8, 4) is 11.5 Å². The monoisotopic (exact) mass is 483 g/mol. The van der Waals surface area contributed by atoms with Gasteiger partial charge in [0.1, 0.15) is 22.8 Å². The van der Waals surface area contributed by atoms with Gasteiger partial charge in [-0.05, 0) is 41.6 Å². The Bertz CT molecular complexity index is 1170. The van der Waals surface area contributed by atoms with Crippen LogP contribution in [0.1, 0.15) is 50.7 Å². The quantitative estimate of drug-likeness (QED) is 0.263. The molecule has 36 heavy (non-hydrogen) atoms. The molecule has 1 aliphatic heterocycles. The van der Waals surface area contributed by atoms with E-state index in [-0.39, 0.29) is 5.91 Å². The molecular formula is C30H34BNO4. The van der Waals surface area contributed by atoms with E-state index in [1.165, 1.54) is 0 Å². The summed E-state index contributed by atoms with van der Waals surface area (Å²) in [5.74, 6) is 1.08. The number of hydrogen-bond donors (Lipinski definition) is 0. The summed E-state index contributed by atoms with van der Waals surface area (Å²) in [6, 6.07) is 23.9. The number of methoxy groups -OCH3 is 2. The van der Waals surface area contributed by atoms with Gasteiger partial charge in [0, 0.05) is 0 Å². The lowest BCUT2D eigenvalue weighted by molar-refractivity contribution is -0.130. The molecule has 1 saturated heterocycles. The van der Waals surface area contributed by atoms with Crippen molar-refractivity contribution in [2.75, 3.05) is 19.0 Å². The van der Waals surface area contributed by atoms with E-state index in [1.54, 1.807) is 19.0 Å². The minimum atomic E-state index is -0.890. The van der Waals surface area contributed by atoms with Crippen molar-refractivity contribution in [3.05, 3.63) is 83.9 Å². The zero-order chi connectivity index (χ0) is 25.5. The lowest BCUT2D eigenvalue weighted by atomic mass is 9.71. The van der Waals surface area contributed by atoms with Gasteiger partial charge in [-0.3, -0.25) is 4.79 Å². The molecule has 0 bridgehead atoms. The summed E-state index contributed by atoms with van der Waals surface area (Å²) >= 11 is 0. The van der Waals surface area contributed by atoms with Crippen molar-refractivity contribution in [2.24, 2.45) is 0 Å². The summed E-state index contributed by atoms with van der Waals surface area (Å²) in [5, 5.41) is 0. The predicted molar refractivity (Wildman–Crippen MR) is 148 cm³/mol. The molecule has 0 N–H and O–H groups in total. The first-order chi connectivity index (χ1) is 17.6. The van der Waals surface area contributed by atoms with Crippen molar-refractivity contribution in [1.29, 1.82) is 0 Å². The highest BCUT2D eigenvalue weighted by Gasteiger charge is 2.56. The molecule has 1 unspecified atom stereocenters. The second-order valence-electron chi connectivity index (χ2n) is 9.02. The van der Waals surface area contributed by atoms with Gasteiger partial charge >= 0.3 is 7.05 Å². The Kier molecular flexibility index (Phi) is 8.16. The molecule has 1 heterocycles. The number of rotatable bonds is 10. The van der Waals surface area contributed by atoms with Gasteiger partial charge in [0.15, 0.2) is 0 Å². The Hall–Kier alpha value is -3.51. The molecule has 3 aromatic rings. The Morgan fingerprint density at radius 2 is 1.47 bits per heavy atom. The number of para-hydroxylation sites is 1. The van der Waals surface area contributed by atoms with Gasteiger partial charge in [0.25, 0.3) is 0 Å². The standard InChI is InChI=1S/C30H34BNO4/c1-5-7-22-30(6-2)29(33)32(28-26(34-3)14-11-15-27(28)35-4)31(36-30)25-20-18-24(19-21-25)17-16-23-12-9-8-10-13-23/h8-21H,5-7,22H2,1-4H3/b17-16+. The smallest absolute Gasteiger partial charge is 0.460 e. The number of anilines is 1. The van der Waals surface area contributed by atoms with Crippen LogP contribution in [0.2, 0.25) is 0 Å². The highest BCUT2D eigenvalue weighted by Crippen LogP contribution is 2.44. The van der Waals surface area contributed by atoms with Crippen LogP contribution in [0.15, 0.2) is 72.8 Å². The van der Waals surface area contributed by atoms with Crippen LogP contribution >= 0.6 is 0 Å². The van der Waals surface area contributed by atoms with Gasteiger partial charge in [0.05, 0.1) is 14.2 Å². The number of carbonyl (C=O) groups excluding carboxylic acids is 1. The summed E-state index contributed by atoms with van der Waals surface area (Å²) in [6.45, 7) is 4.15. The Labute approximate surface area is 214 Å². The van der Waals surface area contributed by atoms with Crippen molar-refractivity contribution in [2.45, 2.75) is 45.1 Å². The zero-order valence-electron chi connectivity index (χ0n) is 21.6. The minimum Gasteiger partial charge on any atom is -0.494 e. The second-order valence-corrected chi connectivity index (χ2v) is 9.02. The van der Waals surface area contributed by atoms with E-state index in [0.717, 1.165) is 29.4 Å². The summed E-state index contributed by atoms with van der Waals surface area (Å²) in [7, 11) is 2.62. The fraction of sp³-hybridized carbons (Fsp3) is 0.300. The number of amides is 1. The summed E-state index contributed by atoms with van der Waals surface area (Å²) < 4.78 is 18.0. The van der Waals surface area contributed by atoms with Gasteiger partial charge < -0.3 is 18.9 Å². The molecule has 0 radical (unpaired) electrons. The summed E-state index contributed by atoms with van der Waals surface area (Å²) in [5.41, 5.74) is 2.82. The van der Waals surface area contributed by atoms with Crippen LogP contribution < -0.4 is 19.7 Å². The fourth-order valence-electron chi connectivity index (χ4n) is 4.72. The maximum atomic E-state index is 14.1. The highest BCUT2D eigenvalue weighted by atomic mass is 16.5. The van der Waals surface area contributed by atoms with Crippen LogP contribution in [0.5, 0.6) is 11.5 Å². The van der Waals surface area contributed by atoms with Crippen molar-refractivity contribution in [3.63, 3.8) is 0 Å². The molecule has 3 aromatic carbocycles. The first-order valence-corrected chi connectivity index (χ1v) is 12.6. The molecule has 0 aliphatic carbocycles. The normalized spacial score (nSPS) is 17.7. The van der Waals surface area contributed by atoms with Gasteiger partial charge in [-0.15, -0.1) is 0 Å². The van der Waals surface area contributed by atoms with E-state index in [2.05, 4.69) is 43.3 Å². The molecule has 0 saturated carbocycles. The van der Waals surface area contributed by atoms with E-state index in [0.29, 0.717) is 30.0 Å². The van der Waals surface area contributed by atoms with Gasteiger partial charge in [-0.1, -0.05) is 99.5 Å². The van der Waals surface area contributed by atoms with Gasteiger partial charge in [-0.2, -0.15) is 0 Å². The van der Waals surface area contributed by atoms with Gasteiger partial charge in [0.2, 0.25) is 5.91 Å². The minimum absolute atomic E-state index is 0.0562. The van der Waals surface area contributed by atoms with E-state index in [9.17, 15) is 4.79 Å². The number of unbranched alkanes of at least 4 members (excludes halogenated alkanes) is 1. The lowest BCUT2D eigenvalue weighted by Gasteiger charge is -2.27. The molecule has 1 atom stereocenters. The van der Waals surface area contributed by atoms with E-state index in [4.69, 9.17) is 14.1 Å². The molecule has 1 amide bonds. The third kappa shape index (κ3) is 5.05. The van der Waals surface area contributed by atoms with Crippen LogP contribution in [0, 0.1) is 0 Å². The van der Waals surface area contributed by atoms with Gasteiger partial charge in [-0.25, -0.2) is 0 Å². The number of ether oxygens (including phenoxy) is 2.